The van der Waals surface area contributed by atoms with Crippen LogP contribution in [0.1, 0.15) is 35.7 Å². The predicted molar refractivity (Wildman–Crippen MR) is 123 cm³/mol. The molecule has 8 nitrogen and oxygen atoms in total. The van der Waals surface area contributed by atoms with Gasteiger partial charge in [0.1, 0.15) is 0 Å². The number of carbonyl (C=O) groups is 4. The molecule has 33 heavy (non-hydrogen) atoms. The first kappa shape index (κ1) is 22.5. The number of rotatable bonds is 5. The normalized spacial score (nSPS) is 17.3. The minimum absolute atomic E-state index is 0.0462. The number of anilines is 1. The summed E-state index contributed by atoms with van der Waals surface area (Å²) in [5, 5.41) is 2.69. The van der Waals surface area contributed by atoms with Gasteiger partial charge < -0.3 is 20.0 Å². The zero-order valence-corrected chi connectivity index (χ0v) is 18.7. The molecule has 2 heterocycles. The first-order valence-electron chi connectivity index (χ1n) is 11.2. The molecule has 0 saturated carbocycles. The van der Waals surface area contributed by atoms with Crippen molar-refractivity contribution in [3.05, 3.63) is 65.7 Å². The highest BCUT2D eigenvalue weighted by Crippen LogP contribution is 2.22. The van der Waals surface area contributed by atoms with E-state index in [4.69, 9.17) is 0 Å². The van der Waals surface area contributed by atoms with Crippen LogP contribution in [-0.2, 0) is 20.9 Å². The maximum atomic E-state index is 12.9. The van der Waals surface area contributed by atoms with Crippen LogP contribution in [-0.4, -0.2) is 70.5 Å². The predicted octanol–water partition coefficient (Wildman–Crippen LogP) is 2.12. The smallest absolute Gasteiger partial charge is 0.312 e. The van der Waals surface area contributed by atoms with Crippen molar-refractivity contribution >= 4 is 29.3 Å². The van der Waals surface area contributed by atoms with E-state index in [0.717, 1.165) is 5.56 Å². The van der Waals surface area contributed by atoms with Crippen molar-refractivity contribution < 1.29 is 19.2 Å². The molecule has 0 aliphatic carbocycles. The van der Waals surface area contributed by atoms with E-state index in [-0.39, 0.29) is 17.9 Å². The van der Waals surface area contributed by atoms with Crippen molar-refractivity contribution in [2.45, 2.75) is 32.4 Å². The summed E-state index contributed by atoms with van der Waals surface area (Å²) in [4.78, 5) is 54.8. The van der Waals surface area contributed by atoms with E-state index in [9.17, 15) is 19.2 Å². The summed E-state index contributed by atoms with van der Waals surface area (Å²) in [6, 6.07) is 16.5. The molecular weight excluding hydrogens is 420 g/mol. The van der Waals surface area contributed by atoms with Crippen LogP contribution in [0.3, 0.4) is 0 Å². The number of hydrogen-bond acceptors (Lipinski definition) is 4. The topological polar surface area (TPSA) is 90.0 Å². The van der Waals surface area contributed by atoms with Gasteiger partial charge in [0.25, 0.3) is 5.91 Å². The van der Waals surface area contributed by atoms with Crippen molar-refractivity contribution in [2.24, 2.45) is 0 Å². The number of carbonyl (C=O) groups excluding carboxylic acids is 4. The maximum absolute atomic E-state index is 12.9. The lowest BCUT2D eigenvalue weighted by molar-refractivity contribution is -0.158. The van der Waals surface area contributed by atoms with E-state index in [1.54, 1.807) is 39.0 Å². The molecular formula is C25H28N4O4. The summed E-state index contributed by atoms with van der Waals surface area (Å²) < 4.78 is 0. The van der Waals surface area contributed by atoms with Crippen LogP contribution in [0.15, 0.2) is 54.6 Å². The Morgan fingerprint density at radius 3 is 2.33 bits per heavy atom. The number of piperazine rings is 1. The van der Waals surface area contributed by atoms with E-state index in [2.05, 4.69) is 5.32 Å². The third-order valence-electron chi connectivity index (χ3n) is 6.18. The monoisotopic (exact) mass is 448 g/mol. The number of hydrogen-bond donors (Lipinski definition) is 1. The van der Waals surface area contributed by atoms with Gasteiger partial charge >= 0.3 is 11.8 Å². The van der Waals surface area contributed by atoms with Crippen LogP contribution in [0.25, 0.3) is 0 Å². The van der Waals surface area contributed by atoms with Gasteiger partial charge in [0, 0.05) is 56.9 Å². The van der Waals surface area contributed by atoms with Gasteiger partial charge in [-0.2, -0.15) is 0 Å². The first-order chi connectivity index (χ1) is 15.9. The zero-order valence-electron chi connectivity index (χ0n) is 18.7. The van der Waals surface area contributed by atoms with Crippen LogP contribution in [0.5, 0.6) is 0 Å². The molecule has 2 fully saturated rings. The number of nitrogens with one attached hydrogen (secondary N) is 1. The molecule has 2 aromatic rings. The van der Waals surface area contributed by atoms with E-state index < -0.39 is 11.8 Å². The average molecular weight is 449 g/mol. The van der Waals surface area contributed by atoms with Crippen molar-refractivity contribution in [2.75, 3.05) is 31.5 Å². The molecule has 2 saturated heterocycles. The van der Waals surface area contributed by atoms with E-state index in [0.29, 0.717) is 56.8 Å². The molecule has 0 spiro atoms. The summed E-state index contributed by atoms with van der Waals surface area (Å²) in [5.74, 6) is -1.21. The fraction of sp³-hybridized carbons (Fsp3) is 0.360. The largest absolute Gasteiger partial charge is 0.338 e. The SMILES string of the molecule is CC(=O)Nc1cccc(C(=O)N2CCC(N3CCN(Cc4ccccc4)C(=O)C3=O)CC2)c1. The fourth-order valence-corrected chi connectivity index (χ4v) is 4.49. The Morgan fingerprint density at radius 2 is 1.64 bits per heavy atom. The molecule has 0 bridgehead atoms. The molecule has 0 aromatic heterocycles. The fourth-order valence-electron chi connectivity index (χ4n) is 4.49. The Labute approximate surface area is 193 Å². The number of nitrogens with zero attached hydrogens (tertiary/aromatic N) is 3. The van der Waals surface area contributed by atoms with Gasteiger partial charge in [-0.05, 0) is 36.6 Å². The van der Waals surface area contributed by atoms with E-state index in [1.165, 1.54) is 6.92 Å². The van der Waals surface area contributed by atoms with Crippen LogP contribution in [0.2, 0.25) is 0 Å². The molecule has 0 atom stereocenters. The lowest BCUT2D eigenvalue weighted by Crippen LogP contribution is -2.59. The van der Waals surface area contributed by atoms with Crippen LogP contribution in [0, 0.1) is 0 Å². The van der Waals surface area contributed by atoms with Crippen LogP contribution in [0.4, 0.5) is 5.69 Å². The molecule has 4 amide bonds. The highest BCUT2D eigenvalue weighted by molar-refractivity contribution is 6.35. The third kappa shape index (κ3) is 5.22. The third-order valence-corrected chi connectivity index (χ3v) is 6.18. The molecule has 0 radical (unpaired) electrons. The minimum atomic E-state index is -0.460. The second-order valence-electron chi connectivity index (χ2n) is 8.50. The lowest BCUT2D eigenvalue weighted by Gasteiger charge is -2.42. The highest BCUT2D eigenvalue weighted by atomic mass is 16.2. The Hall–Kier alpha value is -3.68. The van der Waals surface area contributed by atoms with Gasteiger partial charge in [-0.3, -0.25) is 19.2 Å². The van der Waals surface area contributed by atoms with Crippen LogP contribution < -0.4 is 5.32 Å². The number of likely N-dealkylation sites (tertiary alicyclic amines) is 1. The Kier molecular flexibility index (Phi) is 6.72. The Morgan fingerprint density at radius 1 is 0.909 bits per heavy atom. The second-order valence-corrected chi connectivity index (χ2v) is 8.50. The van der Waals surface area contributed by atoms with Gasteiger partial charge in [0.15, 0.2) is 0 Å². The number of piperidine rings is 1. The summed E-state index contributed by atoms with van der Waals surface area (Å²) in [6.07, 6.45) is 1.27. The molecule has 2 aliphatic rings. The van der Waals surface area contributed by atoms with Gasteiger partial charge in [0.2, 0.25) is 5.91 Å². The number of benzene rings is 2. The highest BCUT2D eigenvalue weighted by Gasteiger charge is 2.38. The van der Waals surface area contributed by atoms with Crippen LogP contribution >= 0.6 is 0 Å². The van der Waals surface area contributed by atoms with Crippen molar-refractivity contribution in [1.82, 2.24) is 14.7 Å². The lowest BCUT2D eigenvalue weighted by atomic mass is 10.0. The molecule has 172 valence electrons. The van der Waals surface area contributed by atoms with Crippen molar-refractivity contribution in [3.8, 4) is 0 Å². The Bertz CT molecular complexity index is 1050. The number of amides is 4. The van der Waals surface area contributed by atoms with E-state index >= 15 is 0 Å². The van der Waals surface area contributed by atoms with Gasteiger partial charge in [-0.25, -0.2) is 0 Å². The molecule has 2 aromatic carbocycles. The first-order valence-corrected chi connectivity index (χ1v) is 11.2. The summed E-state index contributed by atoms with van der Waals surface area (Å²) in [5.41, 5.74) is 2.10. The van der Waals surface area contributed by atoms with Gasteiger partial charge in [-0.1, -0.05) is 36.4 Å². The maximum Gasteiger partial charge on any atom is 0.312 e. The molecule has 1 N–H and O–H groups in total. The van der Waals surface area contributed by atoms with E-state index in [1.807, 2.05) is 30.3 Å². The molecule has 8 heteroatoms. The summed E-state index contributed by atoms with van der Waals surface area (Å²) >= 11 is 0. The quantitative estimate of drug-likeness (QED) is 0.710. The molecule has 0 unspecified atom stereocenters. The zero-order chi connectivity index (χ0) is 23.4. The Balaban J connectivity index is 1.32. The minimum Gasteiger partial charge on any atom is -0.338 e. The second kappa shape index (κ2) is 9.85. The van der Waals surface area contributed by atoms with Gasteiger partial charge in [-0.15, -0.1) is 0 Å². The van der Waals surface area contributed by atoms with Gasteiger partial charge in [0.05, 0.1) is 0 Å². The van der Waals surface area contributed by atoms with Crippen molar-refractivity contribution in [1.29, 1.82) is 0 Å². The standard InChI is InChI=1S/C25H28N4O4/c1-18(30)26-21-9-5-8-20(16-21)23(31)27-12-10-22(11-13-27)29-15-14-28(24(32)25(29)33)17-19-6-3-2-4-7-19/h2-9,16,22H,10-15,17H2,1H3,(H,26,30). The summed E-state index contributed by atoms with van der Waals surface area (Å²) in [6.45, 7) is 3.90. The average Bonchev–Trinajstić information content (AvgIpc) is 2.82. The summed E-state index contributed by atoms with van der Waals surface area (Å²) in [7, 11) is 0. The molecule has 2 aliphatic heterocycles. The van der Waals surface area contributed by atoms with Crippen molar-refractivity contribution in [3.63, 3.8) is 0 Å². The molecule has 4 rings (SSSR count).